The Hall–Kier alpha value is -2.46. The van der Waals surface area contributed by atoms with Crippen LogP contribution in [0.4, 0.5) is 0 Å². The molecule has 17 nitrogen and oxygen atoms in total. The van der Waals surface area contributed by atoms with Crippen LogP contribution < -0.4 is 0 Å². The summed E-state index contributed by atoms with van der Waals surface area (Å²) in [5.74, 6) is -1.35. The fourth-order valence-corrected chi connectivity index (χ4v) is 12.7. The molecule has 0 radical (unpaired) electrons. The van der Waals surface area contributed by atoms with Gasteiger partial charge in [-0.05, 0) is 57.3 Å². The first-order chi connectivity index (χ1) is 46.0. The second-order valence-electron chi connectivity index (χ2n) is 27.2. The van der Waals surface area contributed by atoms with Crippen molar-refractivity contribution in [3.63, 3.8) is 0 Å². The zero-order chi connectivity index (χ0) is 69.8. The molecule has 560 valence electrons. The van der Waals surface area contributed by atoms with E-state index in [0.717, 1.165) is 121 Å². The zero-order valence-electron chi connectivity index (χ0n) is 61.3. The van der Waals surface area contributed by atoms with Crippen LogP contribution in [0.15, 0.2) is 24.3 Å². The van der Waals surface area contributed by atoms with Gasteiger partial charge in [0.1, 0.15) is 19.3 Å². The summed E-state index contributed by atoms with van der Waals surface area (Å²) in [5, 5.41) is 10.6. The first-order valence-electron chi connectivity index (χ1n) is 39.0. The molecular formula is C76H144O17P2. The number of hydrogen-bond acceptors (Lipinski definition) is 15. The molecule has 0 spiro atoms. The van der Waals surface area contributed by atoms with Gasteiger partial charge in [0.05, 0.1) is 26.4 Å². The molecule has 0 aromatic heterocycles. The number of aliphatic hydroxyl groups excluding tert-OH is 1. The Balaban J connectivity index is 5.25. The Morgan fingerprint density at radius 3 is 0.863 bits per heavy atom. The van der Waals surface area contributed by atoms with Gasteiger partial charge in [0.15, 0.2) is 12.2 Å². The van der Waals surface area contributed by atoms with Gasteiger partial charge in [-0.1, -0.05) is 322 Å². The number of carbonyl (C=O) groups excluding carboxylic acids is 4. The van der Waals surface area contributed by atoms with Crippen LogP contribution in [-0.4, -0.2) is 96.7 Å². The number of carbonyl (C=O) groups is 4. The molecule has 3 N–H and O–H groups in total. The minimum absolute atomic E-state index is 0.101. The molecule has 0 aliphatic heterocycles. The molecule has 0 bridgehead atoms. The van der Waals surface area contributed by atoms with E-state index in [1.165, 1.54) is 173 Å². The molecule has 0 heterocycles. The number of phosphoric acid groups is 2. The van der Waals surface area contributed by atoms with Crippen molar-refractivity contribution < 1.29 is 80.2 Å². The Kier molecular flexibility index (Phi) is 66.9. The average molecular weight is 1390 g/mol. The van der Waals surface area contributed by atoms with E-state index in [1.54, 1.807) is 0 Å². The van der Waals surface area contributed by atoms with Gasteiger partial charge in [0.25, 0.3) is 0 Å². The topological polar surface area (TPSA) is 237 Å². The maximum atomic E-state index is 13.1. The number of ether oxygens (including phenoxy) is 4. The minimum atomic E-state index is -4.96. The molecule has 0 rings (SSSR count). The summed E-state index contributed by atoms with van der Waals surface area (Å²) in [6.07, 6.45) is 60.4. The van der Waals surface area contributed by atoms with E-state index in [2.05, 4.69) is 58.9 Å². The second kappa shape index (κ2) is 68.7. The van der Waals surface area contributed by atoms with Crippen LogP contribution in [0.2, 0.25) is 0 Å². The molecular weight excluding hydrogens is 1250 g/mol. The van der Waals surface area contributed by atoms with Gasteiger partial charge in [-0.3, -0.25) is 37.3 Å². The normalized spacial score (nSPS) is 14.1. The maximum Gasteiger partial charge on any atom is 0.472 e. The van der Waals surface area contributed by atoms with Crippen molar-refractivity contribution in [3.05, 3.63) is 24.3 Å². The van der Waals surface area contributed by atoms with Crippen LogP contribution in [0, 0.1) is 5.92 Å². The highest BCUT2D eigenvalue weighted by Crippen LogP contribution is 2.45. The van der Waals surface area contributed by atoms with E-state index in [-0.39, 0.29) is 25.7 Å². The van der Waals surface area contributed by atoms with Crippen LogP contribution in [0.1, 0.15) is 375 Å². The molecule has 0 aromatic carbocycles. The van der Waals surface area contributed by atoms with Crippen molar-refractivity contribution in [2.24, 2.45) is 5.92 Å². The Morgan fingerprint density at radius 1 is 0.326 bits per heavy atom. The Labute approximate surface area is 580 Å². The second-order valence-corrected chi connectivity index (χ2v) is 30.1. The van der Waals surface area contributed by atoms with Gasteiger partial charge < -0.3 is 33.8 Å². The van der Waals surface area contributed by atoms with E-state index in [0.29, 0.717) is 25.7 Å². The number of esters is 4. The van der Waals surface area contributed by atoms with Crippen LogP contribution in [0.3, 0.4) is 0 Å². The summed E-state index contributed by atoms with van der Waals surface area (Å²) < 4.78 is 68.4. The smallest absolute Gasteiger partial charge is 0.462 e. The molecule has 0 amide bonds. The van der Waals surface area contributed by atoms with Crippen molar-refractivity contribution >= 4 is 39.5 Å². The molecule has 0 aliphatic carbocycles. The standard InChI is InChI=1S/C76H144O17P2/c1-6-9-12-15-18-21-23-25-27-32-36-40-45-50-55-60-74(79)87-66-72(93-76(81)62-57-52-47-42-38-34-30-29-31-35-39-43-48-53-58-69(4)5)68-91-95(84,85)89-64-70(77)63-88-94(82,83)90-67-71(65-86-73(78)59-54-49-44-20-17-14-11-8-3)92-75(80)61-56-51-46-41-37-33-28-26-24-22-19-16-13-10-7-2/h21,23,25,27,69-72,77H,6-20,22,24,26,28-68H2,1-5H3,(H,82,83)(H,84,85)/b23-21-,27-25-/t70-,71+,72+/m0/s1. The molecule has 0 aliphatic rings. The van der Waals surface area contributed by atoms with E-state index in [9.17, 15) is 43.2 Å². The number of unbranched alkanes of at least 4 members (excludes halogenated alkanes) is 43. The summed E-state index contributed by atoms with van der Waals surface area (Å²) in [7, 11) is -9.92. The third-order valence-electron chi connectivity index (χ3n) is 17.2. The van der Waals surface area contributed by atoms with E-state index >= 15 is 0 Å². The number of allylic oxidation sites excluding steroid dienone is 4. The van der Waals surface area contributed by atoms with Crippen molar-refractivity contribution in [1.82, 2.24) is 0 Å². The van der Waals surface area contributed by atoms with Crippen LogP contribution in [-0.2, 0) is 65.4 Å². The molecule has 0 saturated heterocycles. The lowest BCUT2D eigenvalue weighted by Crippen LogP contribution is -2.30. The van der Waals surface area contributed by atoms with Crippen molar-refractivity contribution in [2.45, 2.75) is 393 Å². The lowest BCUT2D eigenvalue weighted by molar-refractivity contribution is -0.161. The molecule has 5 atom stereocenters. The third kappa shape index (κ3) is 69.8. The number of rotatable bonds is 74. The van der Waals surface area contributed by atoms with Gasteiger partial charge in [-0.25, -0.2) is 9.13 Å². The summed E-state index contributed by atoms with van der Waals surface area (Å²) in [6.45, 7) is 7.23. The molecule has 0 aromatic rings. The highest BCUT2D eigenvalue weighted by molar-refractivity contribution is 7.47. The predicted molar refractivity (Wildman–Crippen MR) is 386 cm³/mol. The van der Waals surface area contributed by atoms with Gasteiger partial charge in [-0.2, -0.15) is 0 Å². The number of phosphoric ester groups is 2. The van der Waals surface area contributed by atoms with Gasteiger partial charge in [-0.15, -0.1) is 0 Å². The Bertz CT molecular complexity index is 1920. The number of aliphatic hydroxyl groups is 1. The Morgan fingerprint density at radius 2 is 0.568 bits per heavy atom. The minimum Gasteiger partial charge on any atom is -0.462 e. The zero-order valence-corrected chi connectivity index (χ0v) is 63.1. The lowest BCUT2D eigenvalue weighted by Gasteiger charge is -2.21. The SMILES string of the molecule is CCCCCC/C=C\C=C/CCCCCCCC(=O)OC[C@H](COP(=O)(O)OC[C@@H](O)COP(=O)(O)OC[C@@H](COC(=O)CCCCCCCCCC)OC(=O)CCCCCCCCCCCCCCCCC)OC(=O)CCCCCCCCCCCCCCCCC(C)C. The third-order valence-corrected chi connectivity index (χ3v) is 19.1. The van der Waals surface area contributed by atoms with Crippen LogP contribution in [0.5, 0.6) is 0 Å². The van der Waals surface area contributed by atoms with Gasteiger partial charge >= 0.3 is 39.5 Å². The van der Waals surface area contributed by atoms with E-state index in [4.69, 9.17) is 37.0 Å². The van der Waals surface area contributed by atoms with Crippen LogP contribution >= 0.6 is 15.6 Å². The predicted octanol–water partition coefficient (Wildman–Crippen LogP) is 22.0. The summed E-state index contributed by atoms with van der Waals surface area (Å²) >= 11 is 0. The first kappa shape index (κ1) is 92.5. The maximum absolute atomic E-state index is 13.1. The van der Waals surface area contributed by atoms with Crippen molar-refractivity contribution in [1.29, 1.82) is 0 Å². The lowest BCUT2D eigenvalue weighted by atomic mass is 10.0. The molecule has 0 fully saturated rings. The molecule has 2 unspecified atom stereocenters. The summed E-state index contributed by atoms with van der Waals surface area (Å²) in [4.78, 5) is 72.7. The molecule has 0 saturated carbocycles. The van der Waals surface area contributed by atoms with Crippen molar-refractivity contribution in [3.8, 4) is 0 Å². The van der Waals surface area contributed by atoms with Gasteiger partial charge in [0, 0.05) is 25.7 Å². The first-order valence-corrected chi connectivity index (χ1v) is 41.9. The van der Waals surface area contributed by atoms with E-state index in [1.807, 2.05) is 0 Å². The average Bonchev–Trinajstić information content (AvgIpc) is 1.73. The monoisotopic (exact) mass is 1390 g/mol. The highest BCUT2D eigenvalue weighted by atomic mass is 31.2. The molecule has 95 heavy (non-hydrogen) atoms. The van der Waals surface area contributed by atoms with Gasteiger partial charge in [0.2, 0.25) is 0 Å². The van der Waals surface area contributed by atoms with E-state index < -0.39 is 97.5 Å². The summed E-state index contributed by atoms with van der Waals surface area (Å²) in [5.41, 5.74) is 0. The largest absolute Gasteiger partial charge is 0.472 e. The van der Waals surface area contributed by atoms with Crippen molar-refractivity contribution in [2.75, 3.05) is 39.6 Å². The molecule has 19 heteroatoms. The fraction of sp³-hybridized carbons (Fsp3) is 0.895. The quantitative estimate of drug-likeness (QED) is 0.0169. The number of hydrogen-bond donors (Lipinski definition) is 3. The summed E-state index contributed by atoms with van der Waals surface area (Å²) in [6, 6.07) is 0. The fourth-order valence-electron chi connectivity index (χ4n) is 11.2. The highest BCUT2D eigenvalue weighted by Gasteiger charge is 2.30. The van der Waals surface area contributed by atoms with Crippen LogP contribution in [0.25, 0.3) is 0 Å².